The predicted molar refractivity (Wildman–Crippen MR) is 79.3 cm³/mol. The van der Waals surface area contributed by atoms with Gasteiger partial charge in [0.1, 0.15) is 0 Å². The van der Waals surface area contributed by atoms with Gasteiger partial charge >= 0.3 is 5.97 Å². The minimum Gasteiger partial charge on any atom is -0.481 e. The lowest BCUT2D eigenvalue weighted by atomic mass is 10.1. The summed E-state index contributed by atoms with van der Waals surface area (Å²) in [5.74, 6) is -1.24. The molecule has 3 N–H and O–H groups in total. The Morgan fingerprint density at radius 3 is 2.43 bits per heavy atom. The Balaban J connectivity index is 2.60. The molecule has 0 radical (unpaired) electrons. The molecule has 0 fully saturated rings. The summed E-state index contributed by atoms with van der Waals surface area (Å²) in [5, 5.41) is 13.8. The molecule has 0 spiro atoms. The lowest BCUT2D eigenvalue weighted by Gasteiger charge is -2.11. The first-order chi connectivity index (χ1) is 9.95. The van der Waals surface area contributed by atoms with Crippen molar-refractivity contribution in [3.8, 4) is 0 Å². The molecule has 0 saturated carbocycles. The van der Waals surface area contributed by atoms with E-state index in [1.165, 1.54) is 0 Å². The maximum absolute atomic E-state index is 11.8. The minimum atomic E-state index is -0.857. The topological polar surface area (TPSA) is 95.5 Å². The molecule has 0 aliphatic rings. The molecule has 0 unspecified atom stereocenters. The standard InChI is InChI=1S/C15H20N2O4/c1-10-11(15(21)16-2)6-5-7-12(10)17-13(18)8-3-4-9-14(19)20/h5-7H,3-4,8-9H2,1-2H3,(H,16,21)(H,17,18)(H,19,20). The fourth-order valence-electron chi connectivity index (χ4n) is 1.93. The molecule has 0 aliphatic carbocycles. The van der Waals surface area contributed by atoms with Crippen molar-refractivity contribution in [2.75, 3.05) is 12.4 Å². The second-order valence-corrected chi connectivity index (χ2v) is 4.71. The number of amides is 2. The van der Waals surface area contributed by atoms with Crippen molar-refractivity contribution in [1.82, 2.24) is 5.32 Å². The summed E-state index contributed by atoms with van der Waals surface area (Å²) < 4.78 is 0. The third-order valence-corrected chi connectivity index (χ3v) is 3.12. The average Bonchev–Trinajstić information content (AvgIpc) is 2.45. The van der Waals surface area contributed by atoms with E-state index in [4.69, 9.17) is 5.11 Å². The van der Waals surface area contributed by atoms with E-state index in [0.717, 1.165) is 0 Å². The van der Waals surface area contributed by atoms with E-state index in [1.54, 1.807) is 32.2 Å². The van der Waals surface area contributed by atoms with Crippen LogP contribution in [-0.2, 0) is 9.59 Å². The molecule has 0 saturated heterocycles. The zero-order valence-corrected chi connectivity index (χ0v) is 12.2. The van der Waals surface area contributed by atoms with E-state index in [2.05, 4.69) is 10.6 Å². The van der Waals surface area contributed by atoms with E-state index < -0.39 is 5.97 Å². The van der Waals surface area contributed by atoms with Gasteiger partial charge in [0, 0.05) is 31.1 Å². The van der Waals surface area contributed by atoms with Gasteiger partial charge in [-0.25, -0.2) is 0 Å². The summed E-state index contributed by atoms with van der Waals surface area (Å²) in [7, 11) is 1.55. The molecule has 6 heteroatoms. The summed E-state index contributed by atoms with van der Waals surface area (Å²) >= 11 is 0. The fraction of sp³-hybridized carbons (Fsp3) is 0.400. The van der Waals surface area contributed by atoms with Crippen LogP contribution in [-0.4, -0.2) is 29.9 Å². The first kappa shape index (κ1) is 16.7. The van der Waals surface area contributed by atoms with Crippen LogP contribution in [0.5, 0.6) is 0 Å². The van der Waals surface area contributed by atoms with Crippen molar-refractivity contribution in [3.05, 3.63) is 29.3 Å². The van der Waals surface area contributed by atoms with Crippen LogP contribution >= 0.6 is 0 Å². The van der Waals surface area contributed by atoms with Crippen LogP contribution in [0.2, 0.25) is 0 Å². The number of benzene rings is 1. The summed E-state index contributed by atoms with van der Waals surface area (Å²) in [4.78, 5) is 33.8. The SMILES string of the molecule is CNC(=O)c1cccc(NC(=O)CCCCC(=O)O)c1C. The lowest BCUT2D eigenvalue weighted by molar-refractivity contribution is -0.137. The lowest BCUT2D eigenvalue weighted by Crippen LogP contribution is -2.20. The van der Waals surface area contributed by atoms with Gasteiger partial charge in [-0.1, -0.05) is 6.07 Å². The molecule has 1 rings (SSSR count). The average molecular weight is 292 g/mol. The Morgan fingerprint density at radius 2 is 1.81 bits per heavy atom. The predicted octanol–water partition coefficient (Wildman–Crippen LogP) is 1.94. The van der Waals surface area contributed by atoms with Crippen LogP contribution in [0.4, 0.5) is 5.69 Å². The highest BCUT2D eigenvalue weighted by atomic mass is 16.4. The molecule has 0 heterocycles. The summed E-state index contributed by atoms with van der Waals surface area (Å²) in [6.07, 6.45) is 1.32. The fourth-order valence-corrected chi connectivity index (χ4v) is 1.93. The Bertz CT molecular complexity index is 540. The number of carbonyl (C=O) groups is 3. The van der Waals surface area contributed by atoms with Crippen molar-refractivity contribution >= 4 is 23.5 Å². The quantitative estimate of drug-likeness (QED) is 0.669. The Morgan fingerprint density at radius 1 is 1.14 bits per heavy atom. The number of nitrogens with one attached hydrogen (secondary N) is 2. The van der Waals surface area contributed by atoms with E-state index in [0.29, 0.717) is 29.7 Å². The molecule has 0 aromatic heterocycles. The molecule has 1 aromatic rings. The molecular weight excluding hydrogens is 272 g/mol. The number of carboxylic acids is 1. The number of hydrogen-bond donors (Lipinski definition) is 3. The van der Waals surface area contributed by atoms with Gasteiger partial charge in [0.15, 0.2) is 0 Å². The first-order valence-electron chi connectivity index (χ1n) is 6.79. The second kappa shape index (κ2) is 8.04. The van der Waals surface area contributed by atoms with Crippen LogP contribution in [0.15, 0.2) is 18.2 Å². The highest BCUT2D eigenvalue weighted by Gasteiger charge is 2.11. The summed E-state index contributed by atoms with van der Waals surface area (Å²) in [6.45, 7) is 1.77. The maximum Gasteiger partial charge on any atom is 0.303 e. The molecule has 2 amide bonds. The van der Waals surface area contributed by atoms with Gasteiger partial charge in [0.25, 0.3) is 5.91 Å². The Kier molecular flexibility index (Phi) is 6.39. The molecular formula is C15H20N2O4. The van der Waals surface area contributed by atoms with Gasteiger partial charge in [0.05, 0.1) is 0 Å². The van der Waals surface area contributed by atoms with E-state index >= 15 is 0 Å². The van der Waals surface area contributed by atoms with Crippen LogP contribution in [0.25, 0.3) is 0 Å². The van der Waals surface area contributed by atoms with E-state index in [-0.39, 0.29) is 24.7 Å². The van der Waals surface area contributed by atoms with Crippen LogP contribution in [0.1, 0.15) is 41.6 Å². The normalized spacial score (nSPS) is 10.0. The molecule has 1 aromatic carbocycles. The largest absolute Gasteiger partial charge is 0.481 e. The molecule has 0 atom stereocenters. The summed E-state index contributed by atoms with van der Waals surface area (Å²) in [6, 6.07) is 5.13. The Hall–Kier alpha value is -2.37. The van der Waals surface area contributed by atoms with Crippen molar-refractivity contribution < 1.29 is 19.5 Å². The molecule has 21 heavy (non-hydrogen) atoms. The highest BCUT2D eigenvalue weighted by molar-refractivity contribution is 5.99. The third-order valence-electron chi connectivity index (χ3n) is 3.12. The number of hydrogen-bond acceptors (Lipinski definition) is 3. The van der Waals surface area contributed by atoms with E-state index in [9.17, 15) is 14.4 Å². The molecule has 6 nitrogen and oxygen atoms in total. The smallest absolute Gasteiger partial charge is 0.303 e. The van der Waals surface area contributed by atoms with Crippen molar-refractivity contribution in [2.45, 2.75) is 32.6 Å². The van der Waals surface area contributed by atoms with Crippen molar-refractivity contribution in [3.63, 3.8) is 0 Å². The van der Waals surface area contributed by atoms with Gasteiger partial charge in [-0.05, 0) is 37.5 Å². The second-order valence-electron chi connectivity index (χ2n) is 4.71. The van der Waals surface area contributed by atoms with Crippen molar-refractivity contribution in [1.29, 1.82) is 0 Å². The zero-order valence-electron chi connectivity index (χ0n) is 12.2. The van der Waals surface area contributed by atoms with Gasteiger partial charge in [-0.3, -0.25) is 14.4 Å². The van der Waals surface area contributed by atoms with Crippen LogP contribution in [0, 0.1) is 6.92 Å². The van der Waals surface area contributed by atoms with Crippen LogP contribution < -0.4 is 10.6 Å². The molecule has 0 aliphatic heterocycles. The third kappa shape index (κ3) is 5.25. The van der Waals surface area contributed by atoms with Crippen LogP contribution in [0.3, 0.4) is 0 Å². The summed E-state index contributed by atoms with van der Waals surface area (Å²) in [5.41, 5.74) is 1.82. The first-order valence-corrected chi connectivity index (χ1v) is 6.79. The minimum absolute atomic E-state index is 0.0679. The number of carbonyl (C=O) groups excluding carboxylic acids is 2. The molecule has 0 bridgehead atoms. The number of carboxylic acid groups (broad SMARTS) is 1. The van der Waals surface area contributed by atoms with Crippen molar-refractivity contribution in [2.24, 2.45) is 0 Å². The monoisotopic (exact) mass is 292 g/mol. The molecule has 114 valence electrons. The van der Waals surface area contributed by atoms with E-state index in [1.807, 2.05) is 0 Å². The zero-order chi connectivity index (χ0) is 15.8. The maximum atomic E-state index is 11.8. The van der Waals surface area contributed by atoms with Gasteiger partial charge in [-0.2, -0.15) is 0 Å². The van der Waals surface area contributed by atoms with Gasteiger partial charge in [0.2, 0.25) is 5.91 Å². The Labute approximate surface area is 123 Å². The van der Waals surface area contributed by atoms with Gasteiger partial charge < -0.3 is 15.7 Å². The number of anilines is 1. The number of rotatable bonds is 7. The van der Waals surface area contributed by atoms with Gasteiger partial charge in [-0.15, -0.1) is 0 Å². The number of unbranched alkanes of at least 4 members (excludes halogenated alkanes) is 1. The highest BCUT2D eigenvalue weighted by Crippen LogP contribution is 2.19. The number of aliphatic carboxylic acids is 1.